The molecule has 0 unspecified atom stereocenters. The van der Waals surface area contributed by atoms with Gasteiger partial charge in [-0.2, -0.15) is 0 Å². The van der Waals surface area contributed by atoms with E-state index in [9.17, 15) is 19.2 Å². The summed E-state index contributed by atoms with van der Waals surface area (Å²) >= 11 is 3.45. The first-order chi connectivity index (χ1) is 20.3. The Bertz CT molecular complexity index is 1760. The summed E-state index contributed by atoms with van der Waals surface area (Å²) in [7, 11) is 1.51. The molecule has 2 aliphatic rings. The number of hydrogen-bond acceptors (Lipinski definition) is 7. The van der Waals surface area contributed by atoms with Crippen molar-refractivity contribution >= 4 is 56.1 Å². The lowest BCUT2D eigenvalue weighted by molar-refractivity contribution is -0.122. The average molecular weight is 625 g/mol. The second kappa shape index (κ2) is 11.3. The van der Waals surface area contributed by atoms with Gasteiger partial charge in [-0.05, 0) is 61.4 Å². The van der Waals surface area contributed by atoms with Gasteiger partial charge in [0.25, 0.3) is 0 Å². The summed E-state index contributed by atoms with van der Waals surface area (Å²) in [5.41, 5.74) is 2.87. The van der Waals surface area contributed by atoms with Gasteiger partial charge in [0.1, 0.15) is 5.75 Å². The van der Waals surface area contributed by atoms with Crippen molar-refractivity contribution in [2.75, 3.05) is 18.6 Å². The van der Waals surface area contributed by atoms with Crippen LogP contribution in [0.25, 0.3) is 22.2 Å². The standard InChI is InChI=1S/C33H25BrN2O6/c1-41-23-6-4-5-20(15-23)30(37)18-42-33(40)27-17-29(35-28-14-11-21(34)16-26(27)28)19-9-12-22(13-10-19)36-31(38)24-7-2-3-8-25(24)32(36)39/h2-6,9-17,24-25H,7-8,18H2,1H3/t24-,25+. The van der Waals surface area contributed by atoms with Crippen LogP contribution in [-0.4, -0.2) is 42.3 Å². The largest absolute Gasteiger partial charge is 0.497 e. The highest BCUT2D eigenvalue weighted by molar-refractivity contribution is 9.10. The normalized spacial score (nSPS) is 17.8. The maximum absolute atomic E-state index is 13.3. The number of hydrogen-bond donors (Lipinski definition) is 0. The van der Waals surface area contributed by atoms with Gasteiger partial charge >= 0.3 is 5.97 Å². The van der Waals surface area contributed by atoms with Crippen LogP contribution in [0.3, 0.4) is 0 Å². The van der Waals surface area contributed by atoms with E-state index in [1.54, 1.807) is 66.7 Å². The molecule has 3 aromatic carbocycles. The third-order valence-electron chi connectivity index (χ3n) is 7.65. The van der Waals surface area contributed by atoms with Crippen LogP contribution in [-0.2, 0) is 14.3 Å². The number of fused-ring (bicyclic) bond motifs is 2. The number of halogens is 1. The first-order valence-corrected chi connectivity index (χ1v) is 14.2. The molecular weight excluding hydrogens is 600 g/mol. The van der Waals surface area contributed by atoms with Gasteiger partial charge in [0, 0.05) is 21.0 Å². The van der Waals surface area contributed by atoms with E-state index in [0.717, 1.165) is 4.47 Å². The highest BCUT2D eigenvalue weighted by atomic mass is 79.9. The van der Waals surface area contributed by atoms with Crippen LogP contribution in [0.15, 0.2) is 89.4 Å². The molecule has 0 saturated carbocycles. The fourth-order valence-electron chi connectivity index (χ4n) is 5.44. The highest BCUT2D eigenvalue weighted by Crippen LogP contribution is 2.38. The Morgan fingerprint density at radius 3 is 2.33 bits per heavy atom. The van der Waals surface area contributed by atoms with Crippen molar-refractivity contribution in [2.24, 2.45) is 11.8 Å². The van der Waals surface area contributed by atoms with Crippen LogP contribution in [0, 0.1) is 11.8 Å². The number of imide groups is 1. The molecule has 6 rings (SSSR count). The Morgan fingerprint density at radius 1 is 0.929 bits per heavy atom. The molecule has 2 heterocycles. The number of ketones is 1. The summed E-state index contributed by atoms with van der Waals surface area (Å²) in [6, 6.07) is 20.6. The first kappa shape index (κ1) is 27.5. The molecule has 2 amide bonds. The van der Waals surface area contributed by atoms with Crippen molar-refractivity contribution in [2.45, 2.75) is 12.8 Å². The Kier molecular flexibility index (Phi) is 7.43. The van der Waals surface area contributed by atoms with Crippen LogP contribution < -0.4 is 9.64 Å². The number of nitrogens with zero attached hydrogens (tertiary/aromatic N) is 2. The lowest BCUT2D eigenvalue weighted by atomic mass is 9.85. The van der Waals surface area contributed by atoms with E-state index >= 15 is 0 Å². The van der Waals surface area contributed by atoms with E-state index < -0.39 is 12.6 Å². The quantitative estimate of drug-likeness (QED) is 0.105. The average Bonchev–Trinajstić information content (AvgIpc) is 3.28. The van der Waals surface area contributed by atoms with Gasteiger partial charge in [-0.3, -0.25) is 19.3 Å². The van der Waals surface area contributed by atoms with Crippen molar-refractivity contribution in [3.63, 3.8) is 0 Å². The minimum Gasteiger partial charge on any atom is -0.497 e. The molecule has 210 valence electrons. The Labute approximate surface area is 250 Å². The number of carbonyl (C=O) groups is 4. The predicted octanol–water partition coefficient (Wildman–Crippen LogP) is 6.17. The zero-order valence-corrected chi connectivity index (χ0v) is 24.2. The molecule has 1 saturated heterocycles. The number of ether oxygens (including phenoxy) is 2. The lowest BCUT2D eigenvalue weighted by Gasteiger charge is -2.15. The van der Waals surface area contributed by atoms with E-state index in [-0.39, 0.29) is 35.0 Å². The Morgan fingerprint density at radius 2 is 1.64 bits per heavy atom. The van der Waals surface area contributed by atoms with Crippen LogP contribution in [0.1, 0.15) is 33.6 Å². The summed E-state index contributed by atoms with van der Waals surface area (Å²) in [5, 5.41) is 0.563. The van der Waals surface area contributed by atoms with E-state index in [0.29, 0.717) is 52.0 Å². The molecule has 1 aliphatic carbocycles. The maximum Gasteiger partial charge on any atom is 0.339 e. The molecule has 1 aliphatic heterocycles. The number of amides is 2. The van der Waals surface area contributed by atoms with Gasteiger partial charge in [-0.1, -0.05) is 52.3 Å². The number of allylic oxidation sites excluding steroid dienone is 2. The minimum absolute atomic E-state index is 0.176. The van der Waals surface area contributed by atoms with E-state index in [2.05, 4.69) is 15.9 Å². The smallest absolute Gasteiger partial charge is 0.339 e. The van der Waals surface area contributed by atoms with Crippen LogP contribution >= 0.6 is 15.9 Å². The van der Waals surface area contributed by atoms with Gasteiger partial charge in [-0.15, -0.1) is 0 Å². The van der Waals surface area contributed by atoms with Crippen molar-refractivity contribution < 1.29 is 28.7 Å². The van der Waals surface area contributed by atoms with E-state index in [4.69, 9.17) is 14.5 Å². The molecule has 0 N–H and O–H groups in total. The summed E-state index contributed by atoms with van der Waals surface area (Å²) in [6.45, 7) is -0.441. The van der Waals surface area contributed by atoms with Gasteiger partial charge in [-0.25, -0.2) is 9.78 Å². The number of anilines is 1. The molecule has 9 heteroatoms. The van der Waals surface area contributed by atoms with Gasteiger partial charge in [0.15, 0.2) is 12.4 Å². The third-order valence-corrected chi connectivity index (χ3v) is 8.14. The van der Waals surface area contributed by atoms with Crippen molar-refractivity contribution in [1.82, 2.24) is 4.98 Å². The Hall–Kier alpha value is -4.63. The van der Waals surface area contributed by atoms with Gasteiger partial charge in [0.2, 0.25) is 11.8 Å². The number of aromatic nitrogens is 1. The molecule has 0 spiro atoms. The molecule has 1 fully saturated rings. The highest BCUT2D eigenvalue weighted by Gasteiger charge is 2.47. The first-order valence-electron chi connectivity index (χ1n) is 13.4. The second-order valence-corrected chi connectivity index (χ2v) is 11.1. The molecule has 2 atom stereocenters. The van der Waals surface area contributed by atoms with E-state index in [1.807, 2.05) is 18.2 Å². The number of carbonyl (C=O) groups excluding carboxylic acids is 4. The topological polar surface area (TPSA) is 103 Å². The van der Waals surface area contributed by atoms with Gasteiger partial charge < -0.3 is 9.47 Å². The zero-order chi connectivity index (χ0) is 29.4. The SMILES string of the molecule is COc1cccc(C(=O)COC(=O)c2cc(-c3ccc(N4C(=O)[C@H]5CC=CC[C@H]5C4=O)cc3)nc3ccc(Br)cc23)c1. The van der Waals surface area contributed by atoms with Crippen molar-refractivity contribution in [3.8, 4) is 17.0 Å². The molecule has 4 aromatic rings. The molecule has 0 radical (unpaired) electrons. The lowest BCUT2D eigenvalue weighted by Crippen LogP contribution is -2.30. The number of methoxy groups -OCH3 is 1. The molecule has 0 bridgehead atoms. The second-order valence-electron chi connectivity index (χ2n) is 10.2. The minimum atomic E-state index is -0.668. The van der Waals surface area contributed by atoms with Crippen molar-refractivity contribution in [1.29, 1.82) is 0 Å². The number of esters is 1. The van der Waals surface area contributed by atoms with Crippen LogP contribution in [0.5, 0.6) is 5.75 Å². The summed E-state index contributed by atoms with van der Waals surface area (Å²) in [5.74, 6) is -1.48. The maximum atomic E-state index is 13.3. The number of benzene rings is 3. The molecular formula is C33H25BrN2O6. The third kappa shape index (κ3) is 5.12. The fraction of sp³-hybridized carbons (Fsp3) is 0.182. The summed E-state index contributed by atoms with van der Waals surface area (Å²) in [4.78, 5) is 58.1. The number of Topliss-reactive ketones (excluding diaryl/α,β-unsaturated/α-hetero) is 1. The molecule has 1 aromatic heterocycles. The van der Waals surface area contributed by atoms with Gasteiger partial charge in [0.05, 0.1) is 41.4 Å². The number of rotatable bonds is 7. The van der Waals surface area contributed by atoms with E-state index in [1.165, 1.54) is 12.0 Å². The fourth-order valence-corrected chi connectivity index (χ4v) is 5.80. The van der Waals surface area contributed by atoms with Crippen LogP contribution in [0.4, 0.5) is 5.69 Å². The zero-order valence-electron chi connectivity index (χ0n) is 22.6. The number of pyridine rings is 1. The molecule has 42 heavy (non-hydrogen) atoms. The monoisotopic (exact) mass is 624 g/mol. The van der Waals surface area contributed by atoms with Crippen molar-refractivity contribution in [3.05, 3.63) is 101 Å². The predicted molar refractivity (Wildman–Crippen MR) is 160 cm³/mol. The summed E-state index contributed by atoms with van der Waals surface area (Å²) < 4.78 is 11.4. The van der Waals surface area contributed by atoms with Crippen LogP contribution in [0.2, 0.25) is 0 Å². The molecule has 8 nitrogen and oxygen atoms in total. The Balaban J connectivity index is 1.27. The summed E-state index contributed by atoms with van der Waals surface area (Å²) in [6.07, 6.45) is 5.07.